The Labute approximate surface area is 151 Å². The van der Waals surface area contributed by atoms with Gasteiger partial charge >= 0.3 is 0 Å². The second-order valence-corrected chi connectivity index (χ2v) is 6.48. The first kappa shape index (κ1) is 14.8. The summed E-state index contributed by atoms with van der Waals surface area (Å²) < 4.78 is 0. The number of aromatic amines is 2. The molecule has 9 heteroatoms. The minimum absolute atomic E-state index is 0.603. The average Bonchev–Trinajstić information content (AvgIpc) is 3.42. The van der Waals surface area contributed by atoms with Crippen LogP contribution in [0.3, 0.4) is 0 Å². The zero-order valence-electron chi connectivity index (χ0n) is 13.4. The molecule has 0 unspecified atom stereocenters. The summed E-state index contributed by atoms with van der Waals surface area (Å²) in [5, 5.41) is 18.4. The third-order valence-electron chi connectivity index (χ3n) is 4.10. The lowest BCUT2D eigenvalue weighted by atomic mass is 10.0. The molecular formula is C17H12N8S. The molecule has 0 radical (unpaired) electrons. The van der Waals surface area contributed by atoms with Crippen LogP contribution in [-0.4, -0.2) is 40.6 Å². The number of nitrogens with zero attached hydrogens (tertiary/aromatic N) is 6. The van der Waals surface area contributed by atoms with E-state index in [2.05, 4.69) is 70.2 Å². The van der Waals surface area contributed by atoms with Crippen molar-refractivity contribution in [3.63, 3.8) is 0 Å². The van der Waals surface area contributed by atoms with Gasteiger partial charge in [0.15, 0.2) is 5.65 Å². The van der Waals surface area contributed by atoms with Gasteiger partial charge in [0.05, 0.1) is 12.5 Å². The number of nitrogens with one attached hydrogen (secondary N) is 2. The van der Waals surface area contributed by atoms with Crippen LogP contribution in [0.25, 0.3) is 33.7 Å². The summed E-state index contributed by atoms with van der Waals surface area (Å²) in [7, 11) is 0. The molecule has 4 heterocycles. The van der Waals surface area contributed by atoms with Crippen molar-refractivity contribution in [3.8, 4) is 22.5 Å². The second kappa shape index (κ2) is 6.12. The Morgan fingerprint density at radius 3 is 2.73 bits per heavy atom. The van der Waals surface area contributed by atoms with Gasteiger partial charge in [-0.25, -0.2) is 15.0 Å². The number of rotatable bonds is 4. The van der Waals surface area contributed by atoms with Crippen LogP contribution in [0.1, 0.15) is 11.4 Å². The Hall–Kier alpha value is -3.46. The van der Waals surface area contributed by atoms with Gasteiger partial charge in [0, 0.05) is 22.9 Å². The predicted octanol–water partition coefficient (Wildman–Crippen LogP) is 2.85. The van der Waals surface area contributed by atoms with E-state index in [0.717, 1.165) is 33.6 Å². The fourth-order valence-corrected chi connectivity index (χ4v) is 3.65. The first-order valence-electron chi connectivity index (χ1n) is 7.91. The maximum atomic E-state index is 4.47. The number of tetrazole rings is 1. The minimum Gasteiger partial charge on any atom is -0.342 e. The second-order valence-electron chi connectivity index (χ2n) is 5.73. The van der Waals surface area contributed by atoms with Crippen molar-refractivity contribution in [2.45, 2.75) is 6.42 Å². The highest BCUT2D eigenvalue weighted by Crippen LogP contribution is 2.33. The van der Waals surface area contributed by atoms with Gasteiger partial charge in [0.25, 0.3) is 0 Å². The van der Waals surface area contributed by atoms with Crippen LogP contribution in [-0.2, 0) is 6.42 Å². The molecule has 0 spiro atoms. The fraction of sp³-hybridized carbons (Fsp3) is 0.0588. The number of thiophene rings is 1. The number of fused-ring (bicyclic) bond motifs is 1. The van der Waals surface area contributed by atoms with Crippen molar-refractivity contribution in [1.29, 1.82) is 0 Å². The van der Waals surface area contributed by atoms with E-state index in [1.54, 1.807) is 23.9 Å². The standard InChI is InChI=1S/C17H12N8S/c1-3-11(12-7-26-8-13(12)16-22-24-25-23-16)4-2-10(1)5-15-18-6-14-17(21-15)20-9-19-14/h1-4,6-9H,5H2,(H,18,19,20,21)(H,22,23,24,25). The fourth-order valence-electron chi connectivity index (χ4n) is 2.81. The minimum atomic E-state index is 0.603. The van der Waals surface area contributed by atoms with Crippen molar-refractivity contribution in [1.82, 2.24) is 40.6 Å². The highest BCUT2D eigenvalue weighted by Gasteiger charge is 2.12. The molecule has 0 amide bonds. The van der Waals surface area contributed by atoms with Gasteiger partial charge in [-0.2, -0.15) is 16.6 Å². The first-order chi connectivity index (χ1) is 12.9. The molecule has 2 N–H and O–H groups in total. The number of hydrogen-bond donors (Lipinski definition) is 2. The quantitative estimate of drug-likeness (QED) is 0.510. The summed E-state index contributed by atoms with van der Waals surface area (Å²) in [6, 6.07) is 8.36. The lowest BCUT2D eigenvalue weighted by Gasteiger charge is -2.04. The monoisotopic (exact) mass is 360 g/mol. The molecule has 4 aromatic heterocycles. The molecule has 0 aliphatic carbocycles. The zero-order chi connectivity index (χ0) is 17.3. The molecule has 5 aromatic rings. The maximum absolute atomic E-state index is 4.47. The van der Waals surface area contributed by atoms with Crippen LogP contribution in [0.5, 0.6) is 0 Å². The number of H-pyrrole nitrogens is 2. The number of aromatic nitrogens is 8. The molecule has 126 valence electrons. The number of hydrogen-bond acceptors (Lipinski definition) is 7. The summed E-state index contributed by atoms with van der Waals surface area (Å²) in [4.78, 5) is 16.0. The molecule has 1 aromatic carbocycles. The molecule has 0 aliphatic rings. The highest BCUT2D eigenvalue weighted by molar-refractivity contribution is 7.08. The van der Waals surface area contributed by atoms with E-state index >= 15 is 0 Å². The van der Waals surface area contributed by atoms with E-state index in [1.807, 2.05) is 5.38 Å². The third-order valence-corrected chi connectivity index (χ3v) is 4.84. The third kappa shape index (κ3) is 2.64. The molecule has 5 rings (SSSR count). The van der Waals surface area contributed by atoms with Gasteiger partial charge in [-0.3, -0.25) is 0 Å². The normalized spacial score (nSPS) is 11.2. The lowest BCUT2D eigenvalue weighted by molar-refractivity contribution is 0.881. The summed E-state index contributed by atoms with van der Waals surface area (Å²) in [6.07, 6.45) is 4.05. The van der Waals surface area contributed by atoms with Gasteiger partial charge in [0.2, 0.25) is 5.82 Å². The van der Waals surface area contributed by atoms with Crippen molar-refractivity contribution >= 4 is 22.5 Å². The van der Waals surface area contributed by atoms with E-state index in [4.69, 9.17) is 0 Å². The van der Waals surface area contributed by atoms with Crippen LogP contribution in [0.15, 0.2) is 47.5 Å². The van der Waals surface area contributed by atoms with E-state index < -0.39 is 0 Å². The molecular weight excluding hydrogens is 348 g/mol. The number of benzene rings is 1. The molecule has 0 saturated carbocycles. The molecule has 0 atom stereocenters. The zero-order valence-corrected chi connectivity index (χ0v) is 14.2. The Kier molecular flexibility index (Phi) is 3.49. The highest BCUT2D eigenvalue weighted by atomic mass is 32.1. The summed E-state index contributed by atoms with van der Waals surface area (Å²) in [5.74, 6) is 1.35. The van der Waals surface area contributed by atoms with Gasteiger partial charge in [-0.1, -0.05) is 24.3 Å². The topological polar surface area (TPSA) is 109 Å². The summed E-state index contributed by atoms with van der Waals surface area (Å²) >= 11 is 1.62. The van der Waals surface area contributed by atoms with Crippen molar-refractivity contribution in [2.75, 3.05) is 0 Å². The van der Waals surface area contributed by atoms with E-state index in [1.165, 1.54) is 0 Å². The van der Waals surface area contributed by atoms with Crippen LogP contribution < -0.4 is 0 Å². The Morgan fingerprint density at radius 2 is 1.88 bits per heavy atom. The van der Waals surface area contributed by atoms with Gasteiger partial charge < -0.3 is 4.98 Å². The summed E-state index contributed by atoms with van der Waals surface area (Å²) in [6.45, 7) is 0. The van der Waals surface area contributed by atoms with Crippen molar-refractivity contribution in [3.05, 3.63) is 58.9 Å². The van der Waals surface area contributed by atoms with E-state index in [9.17, 15) is 0 Å². The molecule has 0 bridgehead atoms. The maximum Gasteiger partial charge on any atom is 0.206 e. The molecule has 0 aliphatic heterocycles. The Morgan fingerprint density at radius 1 is 1.00 bits per heavy atom. The van der Waals surface area contributed by atoms with E-state index in [-0.39, 0.29) is 0 Å². The van der Waals surface area contributed by atoms with Crippen LogP contribution >= 0.6 is 11.3 Å². The molecule has 26 heavy (non-hydrogen) atoms. The molecule has 0 fully saturated rings. The van der Waals surface area contributed by atoms with Crippen molar-refractivity contribution < 1.29 is 0 Å². The largest absolute Gasteiger partial charge is 0.342 e. The van der Waals surface area contributed by atoms with Gasteiger partial charge in [-0.15, -0.1) is 10.2 Å². The first-order valence-corrected chi connectivity index (χ1v) is 8.85. The molecule has 0 saturated heterocycles. The van der Waals surface area contributed by atoms with Gasteiger partial charge in [0.1, 0.15) is 11.3 Å². The summed E-state index contributed by atoms with van der Waals surface area (Å²) in [5.41, 5.74) is 5.85. The average molecular weight is 360 g/mol. The number of imidazole rings is 1. The van der Waals surface area contributed by atoms with E-state index in [0.29, 0.717) is 17.9 Å². The lowest BCUT2D eigenvalue weighted by Crippen LogP contribution is -1.96. The Bertz CT molecular complexity index is 1160. The van der Waals surface area contributed by atoms with Gasteiger partial charge in [-0.05, 0) is 21.7 Å². The van der Waals surface area contributed by atoms with Crippen molar-refractivity contribution in [2.24, 2.45) is 0 Å². The van der Waals surface area contributed by atoms with Crippen LogP contribution in [0, 0.1) is 0 Å². The molecule has 8 nitrogen and oxygen atoms in total. The Balaban J connectivity index is 1.42. The van der Waals surface area contributed by atoms with Crippen LogP contribution in [0.2, 0.25) is 0 Å². The smallest absolute Gasteiger partial charge is 0.206 e. The predicted molar refractivity (Wildman–Crippen MR) is 97.4 cm³/mol. The SMILES string of the molecule is c1nc2nc(Cc3ccc(-c4cscc4-c4nn[nH]n4)cc3)ncc2[nH]1. The van der Waals surface area contributed by atoms with Crippen LogP contribution in [0.4, 0.5) is 0 Å².